The van der Waals surface area contributed by atoms with Crippen LogP contribution in [-0.2, 0) is 4.74 Å². The first-order valence-electron chi connectivity index (χ1n) is 5.16. The highest BCUT2D eigenvalue weighted by Gasteiger charge is 2.20. The van der Waals surface area contributed by atoms with Gasteiger partial charge in [0.1, 0.15) is 0 Å². The Hall–Kier alpha value is -0.120. The number of ether oxygens (including phenoxy) is 1. The molecule has 3 heteroatoms. The summed E-state index contributed by atoms with van der Waals surface area (Å²) in [5.74, 6) is 0.675. The third-order valence-corrected chi connectivity index (χ3v) is 2.63. The fraction of sp³-hybridized carbons (Fsp3) is 1.00. The molecule has 78 valence electrons. The van der Waals surface area contributed by atoms with Crippen molar-refractivity contribution in [1.29, 1.82) is 0 Å². The molecule has 1 rings (SSSR count). The first kappa shape index (κ1) is 11.0. The first-order chi connectivity index (χ1) is 6.24. The molecule has 0 bridgehead atoms. The number of rotatable bonds is 5. The van der Waals surface area contributed by atoms with E-state index in [1.54, 1.807) is 0 Å². The van der Waals surface area contributed by atoms with Crippen LogP contribution in [0, 0.1) is 5.92 Å². The molecule has 0 amide bonds. The SMILES string of the molecule is CC(C)N(CCO)CC1CCOC1. The normalized spacial score (nSPS) is 23.3. The fourth-order valence-electron chi connectivity index (χ4n) is 1.75. The fourth-order valence-corrected chi connectivity index (χ4v) is 1.75. The Kier molecular flexibility index (Phi) is 4.70. The number of aliphatic hydroxyl groups excluding tert-OH is 1. The van der Waals surface area contributed by atoms with E-state index in [9.17, 15) is 0 Å². The Labute approximate surface area is 80.7 Å². The number of nitrogens with zero attached hydrogens (tertiary/aromatic N) is 1. The van der Waals surface area contributed by atoms with Gasteiger partial charge in [-0.15, -0.1) is 0 Å². The second kappa shape index (κ2) is 5.58. The van der Waals surface area contributed by atoms with E-state index in [0.717, 1.165) is 26.3 Å². The maximum atomic E-state index is 8.89. The summed E-state index contributed by atoms with van der Waals surface area (Å²) in [7, 11) is 0. The zero-order valence-electron chi connectivity index (χ0n) is 8.70. The molecule has 1 aliphatic rings. The van der Waals surface area contributed by atoms with Gasteiger partial charge in [0.15, 0.2) is 0 Å². The van der Waals surface area contributed by atoms with Crippen LogP contribution in [0.15, 0.2) is 0 Å². The summed E-state index contributed by atoms with van der Waals surface area (Å²) in [6.07, 6.45) is 1.18. The van der Waals surface area contributed by atoms with E-state index in [1.165, 1.54) is 6.42 Å². The molecular formula is C10H21NO2. The highest BCUT2D eigenvalue weighted by Crippen LogP contribution is 2.14. The van der Waals surface area contributed by atoms with Crippen molar-refractivity contribution in [1.82, 2.24) is 4.90 Å². The molecule has 1 aliphatic heterocycles. The molecule has 0 aromatic carbocycles. The molecule has 1 heterocycles. The lowest BCUT2D eigenvalue weighted by Gasteiger charge is -2.27. The summed E-state index contributed by atoms with van der Waals surface area (Å²) in [6, 6.07) is 0.521. The number of aliphatic hydroxyl groups is 1. The summed E-state index contributed by atoms with van der Waals surface area (Å²) in [5.41, 5.74) is 0. The molecule has 0 spiro atoms. The average molecular weight is 187 g/mol. The lowest BCUT2D eigenvalue weighted by Crippen LogP contribution is -2.37. The van der Waals surface area contributed by atoms with Gasteiger partial charge >= 0.3 is 0 Å². The summed E-state index contributed by atoms with van der Waals surface area (Å²) in [6.45, 7) is 8.26. The van der Waals surface area contributed by atoms with Crippen LogP contribution in [0.3, 0.4) is 0 Å². The van der Waals surface area contributed by atoms with E-state index in [4.69, 9.17) is 9.84 Å². The van der Waals surface area contributed by atoms with E-state index in [1.807, 2.05) is 0 Å². The van der Waals surface area contributed by atoms with Crippen molar-refractivity contribution in [2.24, 2.45) is 5.92 Å². The van der Waals surface area contributed by atoms with E-state index >= 15 is 0 Å². The second-order valence-corrected chi connectivity index (χ2v) is 4.04. The summed E-state index contributed by atoms with van der Waals surface area (Å²) < 4.78 is 5.33. The monoisotopic (exact) mass is 187 g/mol. The molecule has 13 heavy (non-hydrogen) atoms. The van der Waals surface area contributed by atoms with Crippen LogP contribution in [0.5, 0.6) is 0 Å². The maximum Gasteiger partial charge on any atom is 0.0558 e. The first-order valence-corrected chi connectivity index (χ1v) is 5.16. The predicted molar refractivity (Wildman–Crippen MR) is 52.7 cm³/mol. The van der Waals surface area contributed by atoms with Gasteiger partial charge in [-0.2, -0.15) is 0 Å². The van der Waals surface area contributed by atoms with Crippen LogP contribution in [-0.4, -0.2) is 49.0 Å². The van der Waals surface area contributed by atoms with E-state index in [2.05, 4.69) is 18.7 Å². The van der Waals surface area contributed by atoms with Crippen molar-refractivity contribution in [3.63, 3.8) is 0 Å². The number of hydrogen-bond acceptors (Lipinski definition) is 3. The highest BCUT2D eigenvalue weighted by atomic mass is 16.5. The van der Waals surface area contributed by atoms with Gasteiger partial charge in [0, 0.05) is 25.7 Å². The average Bonchev–Trinajstić information content (AvgIpc) is 2.56. The topological polar surface area (TPSA) is 32.7 Å². The van der Waals surface area contributed by atoms with E-state index in [0.29, 0.717) is 12.0 Å². The van der Waals surface area contributed by atoms with Crippen LogP contribution in [0.4, 0.5) is 0 Å². The summed E-state index contributed by atoms with van der Waals surface area (Å²) >= 11 is 0. The molecule has 0 aliphatic carbocycles. The third-order valence-electron chi connectivity index (χ3n) is 2.63. The van der Waals surface area contributed by atoms with Crippen LogP contribution < -0.4 is 0 Å². The van der Waals surface area contributed by atoms with Gasteiger partial charge in [0.05, 0.1) is 13.2 Å². The largest absolute Gasteiger partial charge is 0.395 e. The predicted octanol–water partition coefficient (Wildman–Crippen LogP) is 0.726. The Morgan fingerprint density at radius 2 is 2.31 bits per heavy atom. The molecular weight excluding hydrogens is 166 g/mol. The minimum atomic E-state index is 0.256. The minimum absolute atomic E-state index is 0.256. The number of hydrogen-bond donors (Lipinski definition) is 1. The molecule has 1 saturated heterocycles. The van der Waals surface area contributed by atoms with Gasteiger partial charge < -0.3 is 9.84 Å². The maximum absolute atomic E-state index is 8.89. The quantitative estimate of drug-likeness (QED) is 0.688. The minimum Gasteiger partial charge on any atom is -0.395 e. The van der Waals surface area contributed by atoms with Gasteiger partial charge in [0.25, 0.3) is 0 Å². The van der Waals surface area contributed by atoms with Crippen molar-refractivity contribution in [3.05, 3.63) is 0 Å². The van der Waals surface area contributed by atoms with Gasteiger partial charge in [-0.3, -0.25) is 4.90 Å². The van der Waals surface area contributed by atoms with Gasteiger partial charge in [0.2, 0.25) is 0 Å². The Bertz CT molecular complexity index is 133. The van der Waals surface area contributed by atoms with Crippen LogP contribution in [0.1, 0.15) is 20.3 Å². The van der Waals surface area contributed by atoms with E-state index in [-0.39, 0.29) is 6.61 Å². The van der Waals surface area contributed by atoms with Crippen molar-refractivity contribution < 1.29 is 9.84 Å². The van der Waals surface area contributed by atoms with Gasteiger partial charge in [-0.1, -0.05) is 0 Å². The second-order valence-electron chi connectivity index (χ2n) is 4.04. The van der Waals surface area contributed by atoms with Crippen LogP contribution in [0.25, 0.3) is 0 Å². The summed E-state index contributed by atoms with van der Waals surface area (Å²) in [5, 5.41) is 8.89. The molecule has 3 nitrogen and oxygen atoms in total. The Balaban J connectivity index is 2.27. The van der Waals surface area contributed by atoms with Gasteiger partial charge in [-0.25, -0.2) is 0 Å². The van der Waals surface area contributed by atoms with Crippen molar-refractivity contribution in [3.8, 4) is 0 Å². The molecule has 1 fully saturated rings. The van der Waals surface area contributed by atoms with Crippen LogP contribution in [0.2, 0.25) is 0 Å². The zero-order valence-corrected chi connectivity index (χ0v) is 8.70. The zero-order chi connectivity index (χ0) is 9.68. The smallest absolute Gasteiger partial charge is 0.0558 e. The van der Waals surface area contributed by atoms with Crippen LogP contribution >= 0.6 is 0 Å². The molecule has 0 saturated carbocycles. The molecule has 0 aromatic heterocycles. The Morgan fingerprint density at radius 3 is 2.77 bits per heavy atom. The molecule has 1 N–H and O–H groups in total. The highest BCUT2D eigenvalue weighted by molar-refractivity contribution is 4.71. The van der Waals surface area contributed by atoms with Crippen molar-refractivity contribution in [2.45, 2.75) is 26.3 Å². The van der Waals surface area contributed by atoms with Crippen molar-refractivity contribution >= 4 is 0 Å². The Morgan fingerprint density at radius 1 is 1.54 bits per heavy atom. The summed E-state index contributed by atoms with van der Waals surface area (Å²) in [4.78, 5) is 2.32. The van der Waals surface area contributed by atoms with Crippen molar-refractivity contribution in [2.75, 3.05) is 32.9 Å². The van der Waals surface area contributed by atoms with E-state index < -0.39 is 0 Å². The molecule has 1 atom stereocenters. The lowest BCUT2D eigenvalue weighted by molar-refractivity contribution is 0.131. The third kappa shape index (κ3) is 3.63. The molecule has 1 unspecified atom stereocenters. The van der Waals surface area contributed by atoms with Gasteiger partial charge in [-0.05, 0) is 26.2 Å². The standard InChI is InChI=1S/C10H21NO2/c1-9(2)11(4-5-12)7-10-3-6-13-8-10/h9-10,12H,3-8H2,1-2H3. The molecule has 0 radical (unpaired) electrons. The lowest BCUT2D eigenvalue weighted by atomic mass is 10.1. The molecule has 0 aromatic rings.